The number of likely N-dealkylation sites (N-methyl/N-ethyl adjacent to an activating group) is 1. The highest BCUT2D eigenvalue weighted by atomic mass is 16.2. The van der Waals surface area contributed by atoms with Crippen LogP contribution in [0.15, 0.2) is 30.3 Å². The summed E-state index contributed by atoms with van der Waals surface area (Å²) >= 11 is 0. The molecule has 1 unspecified atom stereocenters. The first-order valence-corrected chi connectivity index (χ1v) is 9.87. The maximum atomic E-state index is 12.8. The van der Waals surface area contributed by atoms with Crippen LogP contribution in [0.25, 0.3) is 0 Å². The van der Waals surface area contributed by atoms with Gasteiger partial charge < -0.3 is 9.80 Å². The second-order valence-electron chi connectivity index (χ2n) is 7.74. The summed E-state index contributed by atoms with van der Waals surface area (Å²) in [5, 5.41) is 0. The molecule has 142 valence electrons. The molecule has 1 aromatic carbocycles. The Kier molecular flexibility index (Phi) is 6.30. The first-order chi connectivity index (χ1) is 12.6. The number of amides is 2. The molecule has 0 saturated carbocycles. The fourth-order valence-electron chi connectivity index (χ4n) is 4.17. The number of likely N-dealkylation sites (tertiary alicyclic amines) is 2. The van der Waals surface area contributed by atoms with Crippen LogP contribution in [0.1, 0.15) is 43.7 Å². The third-order valence-electron chi connectivity index (χ3n) is 5.70. The number of piperidine rings is 2. The smallest absolute Gasteiger partial charge is 0.244 e. The maximum absolute atomic E-state index is 12.8. The third-order valence-corrected chi connectivity index (χ3v) is 5.70. The van der Waals surface area contributed by atoms with E-state index in [4.69, 9.17) is 0 Å². The molecule has 0 radical (unpaired) electrons. The van der Waals surface area contributed by atoms with Gasteiger partial charge in [-0.1, -0.05) is 30.3 Å². The van der Waals surface area contributed by atoms with Gasteiger partial charge >= 0.3 is 0 Å². The van der Waals surface area contributed by atoms with Crippen LogP contribution in [0.5, 0.6) is 0 Å². The number of hydrogen-bond acceptors (Lipinski definition) is 3. The van der Waals surface area contributed by atoms with Crippen molar-refractivity contribution in [2.45, 2.75) is 38.1 Å². The van der Waals surface area contributed by atoms with E-state index in [2.05, 4.69) is 9.80 Å². The summed E-state index contributed by atoms with van der Waals surface area (Å²) in [6, 6.07) is 9.74. The average molecular weight is 357 g/mol. The van der Waals surface area contributed by atoms with Crippen LogP contribution in [-0.4, -0.2) is 66.8 Å². The first kappa shape index (κ1) is 18.9. The van der Waals surface area contributed by atoms with Crippen LogP contribution in [0.4, 0.5) is 0 Å². The highest BCUT2D eigenvalue weighted by Crippen LogP contribution is 2.29. The fourth-order valence-corrected chi connectivity index (χ4v) is 4.17. The molecule has 1 aromatic rings. The minimum atomic E-state index is -0.253. The predicted octanol–water partition coefficient (Wildman–Crippen LogP) is 2.54. The normalized spacial score (nSPS) is 20.6. The maximum Gasteiger partial charge on any atom is 0.244 e. The van der Waals surface area contributed by atoms with E-state index < -0.39 is 0 Å². The SMILES string of the molecule is CN(C)C(=O)C(c1ccccc1)N1CCC(C(=O)N2CCCCC2)CC1. The zero-order chi connectivity index (χ0) is 18.5. The van der Waals surface area contributed by atoms with Gasteiger partial charge in [0, 0.05) is 33.1 Å². The lowest BCUT2D eigenvalue weighted by atomic mass is 9.92. The summed E-state index contributed by atoms with van der Waals surface area (Å²) in [7, 11) is 3.62. The molecule has 2 fully saturated rings. The number of nitrogens with zero attached hydrogens (tertiary/aromatic N) is 3. The van der Waals surface area contributed by atoms with E-state index in [-0.39, 0.29) is 17.9 Å². The Bertz CT molecular complexity index is 603. The lowest BCUT2D eigenvalue weighted by Crippen LogP contribution is -2.47. The van der Waals surface area contributed by atoms with Crippen molar-refractivity contribution in [3.05, 3.63) is 35.9 Å². The molecule has 5 nitrogen and oxygen atoms in total. The summed E-state index contributed by atoms with van der Waals surface area (Å²) in [4.78, 5) is 31.6. The van der Waals surface area contributed by atoms with Crippen molar-refractivity contribution in [3.63, 3.8) is 0 Å². The van der Waals surface area contributed by atoms with Crippen LogP contribution in [0.3, 0.4) is 0 Å². The minimum absolute atomic E-state index is 0.108. The van der Waals surface area contributed by atoms with E-state index in [0.717, 1.165) is 57.4 Å². The van der Waals surface area contributed by atoms with Gasteiger partial charge in [0.25, 0.3) is 0 Å². The van der Waals surface area contributed by atoms with Gasteiger partial charge in [-0.2, -0.15) is 0 Å². The molecule has 0 aliphatic carbocycles. The third kappa shape index (κ3) is 4.26. The molecule has 26 heavy (non-hydrogen) atoms. The number of hydrogen-bond donors (Lipinski definition) is 0. The van der Waals surface area contributed by atoms with Crippen LogP contribution in [-0.2, 0) is 9.59 Å². The van der Waals surface area contributed by atoms with Gasteiger partial charge in [-0.25, -0.2) is 0 Å². The monoisotopic (exact) mass is 357 g/mol. The summed E-state index contributed by atoms with van der Waals surface area (Å²) in [5.41, 5.74) is 1.03. The number of benzene rings is 1. The van der Waals surface area contributed by atoms with Crippen LogP contribution < -0.4 is 0 Å². The van der Waals surface area contributed by atoms with Crippen molar-refractivity contribution < 1.29 is 9.59 Å². The molecule has 0 spiro atoms. The van der Waals surface area contributed by atoms with Crippen molar-refractivity contribution in [3.8, 4) is 0 Å². The molecule has 2 heterocycles. The molecule has 0 bridgehead atoms. The number of carbonyl (C=O) groups excluding carboxylic acids is 2. The standard InChI is InChI=1S/C21H31N3O2/c1-22(2)21(26)19(17-9-5-3-6-10-17)23-15-11-18(12-16-23)20(25)24-13-7-4-8-14-24/h3,5-6,9-10,18-19H,4,7-8,11-16H2,1-2H3. The van der Waals surface area contributed by atoms with Crippen molar-refractivity contribution in [2.24, 2.45) is 5.92 Å². The van der Waals surface area contributed by atoms with Crippen LogP contribution in [0, 0.1) is 5.92 Å². The molecule has 3 rings (SSSR count). The van der Waals surface area contributed by atoms with Crippen molar-refractivity contribution in [2.75, 3.05) is 40.3 Å². The van der Waals surface area contributed by atoms with Gasteiger partial charge in [-0.3, -0.25) is 14.5 Å². The number of rotatable bonds is 4. The summed E-state index contributed by atoms with van der Waals surface area (Å²) < 4.78 is 0. The Morgan fingerprint density at radius 3 is 2.15 bits per heavy atom. The molecule has 2 saturated heterocycles. The van der Waals surface area contributed by atoms with Crippen molar-refractivity contribution >= 4 is 11.8 Å². The van der Waals surface area contributed by atoms with Crippen LogP contribution in [0.2, 0.25) is 0 Å². The highest BCUT2D eigenvalue weighted by Gasteiger charge is 2.35. The van der Waals surface area contributed by atoms with E-state index in [0.29, 0.717) is 5.91 Å². The Labute approximate surface area is 156 Å². The van der Waals surface area contributed by atoms with Crippen molar-refractivity contribution in [1.82, 2.24) is 14.7 Å². The minimum Gasteiger partial charge on any atom is -0.347 e. The molecule has 2 amide bonds. The molecule has 2 aliphatic rings. The lowest BCUT2D eigenvalue weighted by molar-refractivity contribution is -0.139. The van der Waals surface area contributed by atoms with E-state index in [1.807, 2.05) is 44.4 Å². The topological polar surface area (TPSA) is 43.9 Å². The molecule has 0 aromatic heterocycles. The van der Waals surface area contributed by atoms with Crippen LogP contribution >= 0.6 is 0 Å². The second kappa shape index (κ2) is 8.67. The first-order valence-electron chi connectivity index (χ1n) is 9.87. The molecule has 1 atom stereocenters. The Morgan fingerprint density at radius 2 is 1.58 bits per heavy atom. The van der Waals surface area contributed by atoms with Gasteiger partial charge in [0.05, 0.1) is 0 Å². The summed E-state index contributed by atoms with van der Waals surface area (Å²) in [6.45, 7) is 3.43. The molecular formula is C21H31N3O2. The predicted molar refractivity (Wildman–Crippen MR) is 103 cm³/mol. The average Bonchev–Trinajstić information content (AvgIpc) is 2.69. The second-order valence-corrected chi connectivity index (χ2v) is 7.74. The van der Waals surface area contributed by atoms with E-state index in [1.54, 1.807) is 4.90 Å². The van der Waals surface area contributed by atoms with Gasteiger partial charge in [0.15, 0.2) is 0 Å². The van der Waals surface area contributed by atoms with Gasteiger partial charge in [-0.15, -0.1) is 0 Å². The van der Waals surface area contributed by atoms with Crippen molar-refractivity contribution in [1.29, 1.82) is 0 Å². The Hall–Kier alpha value is -1.88. The molecule has 0 N–H and O–H groups in total. The quantitative estimate of drug-likeness (QED) is 0.832. The Balaban J connectivity index is 1.66. The summed E-state index contributed by atoms with van der Waals surface area (Å²) in [6.07, 6.45) is 5.21. The van der Waals surface area contributed by atoms with E-state index in [9.17, 15) is 9.59 Å². The highest BCUT2D eigenvalue weighted by molar-refractivity contribution is 5.83. The number of carbonyl (C=O) groups is 2. The Morgan fingerprint density at radius 1 is 0.962 bits per heavy atom. The van der Waals surface area contributed by atoms with Gasteiger partial charge in [0.1, 0.15) is 6.04 Å². The zero-order valence-corrected chi connectivity index (χ0v) is 16.1. The lowest BCUT2D eigenvalue weighted by Gasteiger charge is -2.39. The van der Waals surface area contributed by atoms with Gasteiger partial charge in [0.2, 0.25) is 11.8 Å². The fraction of sp³-hybridized carbons (Fsp3) is 0.619. The molecule has 2 aliphatic heterocycles. The largest absolute Gasteiger partial charge is 0.347 e. The van der Waals surface area contributed by atoms with Gasteiger partial charge in [-0.05, 0) is 50.8 Å². The summed E-state index contributed by atoms with van der Waals surface area (Å²) in [5.74, 6) is 0.562. The van der Waals surface area contributed by atoms with E-state index in [1.165, 1.54) is 6.42 Å². The molecule has 5 heteroatoms. The van der Waals surface area contributed by atoms with E-state index >= 15 is 0 Å². The molecular weight excluding hydrogens is 326 g/mol. The zero-order valence-electron chi connectivity index (χ0n) is 16.1.